The molecule has 2 amide bonds. The first-order valence-electron chi connectivity index (χ1n) is 10.5. The number of benzene rings is 3. The second-order valence-electron chi connectivity index (χ2n) is 7.51. The fourth-order valence-corrected chi connectivity index (χ4v) is 3.88. The first-order chi connectivity index (χ1) is 15.6. The molecule has 1 aliphatic rings. The van der Waals surface area contributed by atoms with E-state index in [1.54, 1.807) is 28.0 Å². The van der Waals surface area contributed by atoms with E-state index in [0.717, 1.165) is 10.8 Å². The molecule has 0 unspecified atom stereocenters. The summed E-state index contributed by atoms with van der Waals surface area (Å²) in [6, 6.07) is 19.0. The SMILES string of the molecule is COc1cccc(C(=O)N2CCN(C(=O)COc3ccc4ccccc4c3)CC2)c1OC. The van der Waals surface area contributed by atoms with Gasteiger partial charge >= 0.3 is 0 Å². The molecule has 166 valence electrons. The number of methoxy groups -OCH3 is 2. The lowest BCUT2D eigenvalue weighted by atomic mass is 10.1. The van der Waals surface area contributed by atoms with Crippen LogP contribution < -0.4 is 14.2 Å². The van der Waals surface area contributed by atoms with E-state index in [1.807, 2.05) is 42.5 Å². The molecule has 0 spiro atoms. The minimum Gasteiger partial charge on any atom is -0.493 e. The Kier molecular flexibility index (Phi) is 6.44. The van der Waals surface area contributed by atoms with Gasteiger partial charge in [0.25, 0.3) is 11.8 Å². The molecule has 7 heteroatoms. The summed E-state index contributed by atoms with van der Waals surface area (Å²) in [5.41, 5.74) is 0.450. The Labute approximate surface area is 187 Å². The van der Waals surface area contributed by atoms with Crippen LogP contribution in [0, 0.1) is 0 Å². The Balaban J connectivity index is 1.33. The third-order valence-electron chi connectivity index (χ3n) is 5.64. The maximum Gasteiger partial charge on any atom is 0.260 e. The molecule has 0 saturated carbocycles. The van der Waals surface area contributed by atoms with Crippen molar-refractivity contribution in [1.82, 2.24) is 9.80 Å². The highest BCUT2D eigenvalue weighted by Gasteiger charge is 2.27. The van der Waals surface area contributed by atoms with Crippen molar-refractivity contribution in [3.63, 3.8) is 0 Å². The number of piperazine rings is 1. The van der Waals surface area contributed by atoms with Crippen LogP contribution in [-0.4, -0.2) is 68.6 Å². The van der Waals surface area contributed by atoms with E-state index in [-0.39, 0.29) is 18.4 Å². The van der Waals surface area contributed by atoms with Crippen molar-refractivity contribution >= 4 is 22.6 Å². The average Bonchev–Trinajstić information content (AvgIpc) is 2.86. The lowest BCUT2D eigenvalue weighted by molar-refractivity contribution is -0.134. The maximum absolute atomic E-state index is 13.0. The molecule has 1 saturated heterocycles. The summed E-state index contributed by atoms with van der Waals surface area (Å²) in [5, 5.41) is 2.19. The monoisotopic (exact) mass is 434 g/mol. The van der Waals surface area contributed by atoms with Crippen molar-refractivity contribution in [2.45, 2.75) is 0 Å². The van der Waals surface area contributed by atoms with Crippen molar-refractivity contribution in [2.24, 2.45) is 0 Å². The van der Waals surface area contributed by atoms with Crippen LogP contribution in [0.4, 0.5) is 0 Å². The topological polar surface area (TPSA) is 68.3 Å². The number of carbonyl (C=O) groups is 2. The van der Waals surface area contributed by atoms with Gasteiger partial charge in [-0.05, 0) is 35.0 Å². The molecule has 0 aromatic heterocycles. The molecule has 4 rings (SSSR count). The zero-order valence-corrected chi connectivity index (χ0v) is 18.2. The molecular weight excluding hydrogens is 408 g/mol. The number of ether oxygens (including phenoxy) is 3. The smallest absolute Gasteiger partial charge is 0.260 e. The summed E-state index contributed by atoms with van der Waals surface area (Å²) in [7, 11) is 3.05. The summed E-state index contributed by atoms with van der Waals surface area (Å²) < 4.78 is 16.4. The summed E-state index contributed by atoms with van der Waals surface area (Å²) >= 11 is 0. The number of nitrogens with zero attached hydrogens (tertiary/aromatic N) is 2. The number of hydrogen-bond donors (Lipinski definition) is 0. The van der Waals surface area contributed by atoms with Crippen LogP contribution in [0.5, 0.6) is 17.2 Å². The van der Waals surface area contributed by atoms with E-state index in [0.29, 0.717) is 49.0 Å². The second-order valence-corrected chi connectivity index (χ2v) is 7.51. The van der Waals surface area contributed by atoms with Gasteiger partial charge < -0.3 is 24.0 Å². The highest BCUT2D eigenvalue weighted by atomic mass is 16.5. The Morgan fingerprint density at radius 1 is 0.812 bits per heavy atom. The van der Waals surface area contributed by atoms with Gasteiger partial charge in [0.1, 0.15) is 5.75 Å². The Hall–Kier alpha value is -3.74. The van der Waals surface area contributed by atoms with Crippen LogP contribution in [0.3, 0.4) is 0 Å². The van der Waals surface area contributed by atoms with E-state index in [2.05, 4.69) is 0 Å². The Morgan fingerprint density at radius 2 is 1.53 bits per heavy atom. The molecule has 0 bridgehead atoms. The summed E-state index contributed by atoms with van der Waals surface area (Å²) in [6.07, 6.45) is 0. The minimum atomic E-state index is -0.139. The number of hydrogen-bond acceptors (Lipinski definition) is 5. The van der Waals surface area contributed by atoms with Gasteiger partial charge in [0.2, 0.25) is 0 Å². The van der Waals surface area contributed by atoms with E-state index in [9.17, 15) is 9.59 Å². The quantitative estimate of drug-likeness (QED) is 0.596. The fraction of sp³-hybridized carbons (Fsp3) is 0.280. The van der Waals surface area contributed by atoms with Gasteiger partial charge in [-0.1, -0.05) is 36.4 Å². The number of rotatable bonds is 6. The first-order valence-corrected chi connectivity index (χ1v) is 10.5. The van der Waals surface area contributed by atoms with E-state index in [4.69, 9.17) is 14.2 Å². The van der Waals surface area contributed by atoms with E-state index < -0.39 is 0 Å². The van der Waals surface area contributed by atoms with Gasteiger partial charge in [-0.3, -0.25) is 9.59 Å². The lowest BCUT2D eigenvalue weighted by Crippen LogP contribution is -2.51. The largest absolute Gasteiger partial charge is 0.493 e. The molecule has 1 fully saturated rings. The zero-order valence-electron chi connectivity index (χ0n) is 18.2. The van der Waals surface area contributed by atoms with Gasteiger partial charge in [-0.15, -0.1) is 0 Å². The predicted octanol–water partition coefficient (Wildman–Crippen LogP) is 3.22. The Bertz CT molecular complexity index is 1120. The molecule has 32 heavy (non-hydrogen) atoms. The van der Waals surface area contributed by atoms with Crippen LogP contribution in [-0.2, 0) is 4.79 Å². The normalized spacial score (nSPS) is 13.7. The molecule has 1 heterocycles. The number of amides is 2. The van der Waals surface area contributed by atoms with Crippen molar-refractivity contribution < 1.29 is 23.8 Å². The molecule has 3 aromatic rings. The summed E-state index contributed by atoms with van der Waals surface area (Å²) in [5.74, 6) is 1.36. The van der Waals surface area contributed by atoms with Crippen molar-refractivity contribution in [1.29, 1.82) is 0 Å². The maximum atomic E-state index is 13.0. The van der Waals surface area contributed by atoms with Crippen LogP contribution in [0.2, 0.25) is 0 Å². The predicted molar refractivity (Wildman–Crippen MR) is 121 cm³/mol. The van der Waals surface area contributed by atoms with Crippen molar-refractivity contribution in [2.75, 3.05) is 47.0 Å². The van der Waals surface area contributed by atoms with Crippen LogP contribution >= 0.6 is 0 Å². The van der Waals surface area contributed by atoms with Gasteiger partial charge in [0.15, 0.2) is 18.1 Å². The average molecular weight is 434 g/mol. The minimum absolute atomic E-state index is 0.0318. The highest BCUT2D eigenvalue weighted by molar-refractivity contribution is 5.98. The standard InChI is InChI=1S/C25H26N2O5/c1-30-22-9-5-8-21(24(22)31-2)25(29)27-14-12-26(13-15-27)23(28)17-32-20-11-10-18-6-3-4-7-19(18)16-20/h3-11,16H,12-15,17H2,1-2H3. The lowest BCUT2D eigenvalue weighted by Gasteiger charge is -2.35. The highest BCUT2D eigenvalue weighted by Crippen LogP contribution is 2.31. The molecule has 7 nitrogen and oxygen atoms in total. The van der Waals surface area contributed by atoms with Crippen LogP contribution in [0.25, 0.3) is 10.8 Å². The van der Waals surface area contributed by atoms with Crippen molar-refractivity contribution in [3.8, 4) is 17.2 Å². The number of para-hydroxylation sites is 1. The van der Waals surface area contributed by atoms with Gasteiger partial charge in [-0.25, -0.2) is 0 Å². The fourth-order valence-electron chi connectivity index (χ4n) is 3.88. The molecule has 3 aromatic carbocycles. The van der Waals surface area contributed by atoms with Crippen molar-refractivity contribution in [3.05, 3.63) is 66.2 Å². The molecule has 0 atom stereocenters. The molecule has 1 aliphatic heterocycles. The van der Waals surface area contributed by atoms with Crippen LogP contribution in [0.1, 0.15) is 10.4 Å². The van der Waals surface area contributed by atoms with E-state index >= 15 is 0 Å². The Morgan fingerprint density at radius 3 is 2.25 bits per heavy atom. The summed E-state index contributed by atoms with van der Waals surface area (Å²) in [6.45, 7) is 1.77. The molecule has 0 radical (unpaired) electrons. The molecular formula is C25H26N2O5. The molecule has 0 N–H and O–H groups in total. The van der Waals surface area contributed by atoms with E-state index in [1.165, 1.54) is 14.2 Å². The second kappa shape index (κ2) is 9.60. The van der Waals surface area contributed by atoms with Gasteiger partial charge in [0.05, 0.1) is 19.8 Å². The number of carbonyl (C=O) groups excluding carboxylic acids is 2. The van der Waals surface area contributed by atoms with Gasteiger partial charge in [0, 0.05) is 26.2 Å². The van der Waals surface area contributed by atoms with Gasteiger partial charge in [-0.2, -0.15) is 0 Å². The first kappa shape index (κ1) is 21.5. The zero-order chi connectivity index (χ0) is 22.5. The third-order valence-corrected chi connectivity index (χ3v) is 5.64. The number of fused-ring (bicyclic) bond motifs is 1. The third kappa shape index (κ3) is 4.46. The van der Waals surface area contributed by atoms with Crippen LogP contribution in [0.15, 0.2) is 60.7 Å². The molecule has 0 aliphatic carbocycles. The summed E-state index contributed by atoms with van der Waals surface area (Å²) in [4.78, 5) is 29.1.